The number of nitrogens with zero attached hydrogens (tertiary/aromatic N) is 14. The Morgan fingerprint density at radius 2 is 0.321 bits per heavy atom. The van der Waals surface area contributed by atoms with Crippen LogP contribution in [0.15, 0.2) is 194 Å². The van der Waals surface area contributed by atoms with Gasteiger partial charge in [-0.05, 0) is 142 Å². The van der Waals surface area contributed by atoms with Crippen LogP contribution in [0.5, 0.6) is 93.0 Å². The summed E-state index contributed by atoms with van der Waals surface area (Å²) in [6.07, 6.45) is 0. The molecule has 7 aromatic heterocycles. The highest BCUT2D eigenvalue weighted by molar-refractivity contribution is 6.02. The zero-order chi connectivity index (χ0) is 76.3. The van der Waals surface area contributed by atoms with Crippen LogP contribution in [0, 0.1) is 0 Å². The molecule has 0 saturated carbocycles. The second-order valence-electron chi connectivity index (χ2n) is 25.0. The average Bonchev–Trinajstić information content (AvgIpc) is 1.59. The van der Waals surface area contributed by atoms with Crippen LogP contribution in [0.1, 0.15) is 44.5 Å². The van der Waals surface area contributed by atoms with Crippen molar-refractivity contribution in [3.8, 4) is 139 Å². The number of aromatic nitrogens is 16. The van der Waals surface area contributed by atoms with E-state index >= 15 is 0 Å². The van der Waals surface area contributed by atoms with E-state index in [-0.39, 0.29) is 237 Å². The molecule has 0 saturated heterocycles. The van der Waals surface area contributed by atoms with Crippen molar-refractivity contribution in [2.45, 2.75) is 52.9 Å². The number of aromatic amines is 2. The van der Waals surface area contributed by atoms with Crippen molar-refractivity contribution in [1.29, 1.82) is 0 Å². The lowest BCUT2D eigenvalue weighted by Crippen LogP contribution is -2.00. The molecule has 15 aromatic rings. The van der Waals surface area contributed by atoms with Crippen molar-refractivity contribution in [2.24, 2.45) is 0 Å². The van der Waals surface area contributed by atoms with Crippen LogP contribution < -0.4 is 37.9 Å². The van der Waals surface area contributed by atoms with E-state index in [4.69, 9.17) is 108 Å². The lowest BCUT2D eigenvalue weighted by atomic mass is 10.2. The van der Waals surface area contributed by atoms with Crippen LogP contribution in [-0.2, 0) is 52.9 Å². The number of H-pyrrole nitrogens is 2. The van der Waals surface area contributed by atoms with Crippen LogP contribution >= 0.6 is 0 Å². The van der Waals surface area contributed by atoms with Gasteiger partial charge < -0.3 is 88.7 Å². The van der Waals surface area contributed by atoms with Gasteiger partial charge in [0, 0.05) is 0 Å². The summed E-state index contributed by atoms with van der Waals surface area (Å²) < 4.78 is 52.4. The molecule has 554 valence electrons. The van der Waals surface area contributed by atoms with E-state index in [1.54, 1.807) is 194 Å². The molecule has 0 fully saturated rings. The molecule has 10 N–H and O–H groups in total. The van der Waals surface area contributed by atoms with Gasteiger partial charge in [-0.25, -0.2) is 69.8 Å². The SMILES string of the molecule is OCc1ccc(Oc2nc3c(nc2Oc2ccc(CO)cc2)-c2nc-3nc3[nH]c(nc4nc(nc5[nH]c(n2)c2nc(Oc6ccc(CO)cc6)c(Oc6ccc(CO)cc6)nc52)-c2nc(Oc5ccc(CO)cc5)c(Oc5ccc(CO)cc5)nc2-4)c2nc(Oc4ccc(CO)cc4)c(Oc4ccc(CO)cc4)nc32)cc1. The molecular formula is C80H58N16O16. The summed E-state index contributed by atoms with van der Waals surface area (Å²) in [5, 5.41) is 80.3. The number of benzene rings is 8. The summed E-state index contributed by atoms with van der Waals surface area (Å²) in [6, 6.07) is 52.6. The van der Waals surface area contributed by atoms with Gasteiger partial charge in [-0.2, -0.15) is 0 Å². The molecule has 8 bridgehead atoms. The molecule has 0 spiro atoms. The smallest absolute Gasteiger partial charge is 0.284 e. The first-order chi connectivity index (χ1) is 54.9. The summed E-state index contributed by atoms with van der Waals surface area (Å²) in [5.74, 6) is -0.185. The number of aliphatic hydroxyl groups is 8. The molecule has 0 amide bonds. The monoisotopic (exact) mass is 1500 g/mol. The van der Waals surface area contributed by atoms with Crippen molar-refractivity contribution >= 4 is 44.7 Å². The molecule has 112 heavy (non-hydrogen) atoms. The Balaban J connectivity index is 0.978. The summed E-state index contributed by atoms with van der Waals surface area (Å²) in [6.45, 7) is -2.00. The lowest BCUT2D eigenvalue weighted by molar-refractivity contribution is 0.281. The summed E-state index contributed by atoms with van der Waals surface area (Å²) in [5.41, 5.74) is 4.23. The third-order valence-corrected chi connectivity index (χ3v) is 17.4. The van der Waals surface area contributed by atoms with Gasteiger partial charge in [-0.15, -0.1) is 0 Å². The number of ether oxygens (including phenoxy) is 8. The Morgan fingerprint density at radius 3 is 0.464 bits per heavy atom. The van der Waals surface area contributed by atoms with E-state index in [1.807, 2.05) is 0 Å². The Kier molecular flexibility index (Phi) is 19.3. The fourth-order valence-corrected chi connectivity index (χ4v) is 11.6. The molecule has 0 unspecified atom stereocenters. The molecule has 2 aliphatic rings. The second-order valence-corrected chi connectivity index (χ2v) is 25.0. The topological polar surface area (TPSA) is 448 Å². The molecule has 32 nitrogen and oxygen atoms in total. The van der Waals surface area contributed by atoms with Gasteiger partial charge in [0.1, 0.15) is 90.8 Å². The van der Waals surface area contributed by atoms with Gasteiger partial charge in [0.25, 0.3) is 47.0 Å². The fraction of sp³-hybridized carbons (Fsp3) is 0.100. The highest BCUT2D eigenvalue weighted by atomic mass is 16.6. The minimum Gasteiger partial charge on any atom is -0.435 e. The highest BCUT2D eigenvalue weighted by Gasteiger charge is 2.33. The van der Waals surface area contributed by atoms with Crippen LogP contribution in [-0.4, -0.2) is 121 Å². The van der Waals surface area contributed by atoms with E-state index in [2.05, 4.69) is 9.97 Å². The molecule has 0 atom stereocenters. The Morgan fingerprint density at radius 1 is 0.179 bits per heavy atom. The van der Waals surface area contributed by atoms with Crippen molar-refractivity contribution in [3.63, 3.8) is 0 Å². The zero-order valence-corrected chi connectivity index (χ0v) is 58.2. The normalized spacial score (nSPS) is 11.5. The van der Waals surface area contributed by atoms with E-state index < -0.39 is 0 Å². The molecular weight excluding hydrogens is 1440 g/mol. The van der Waals surface area contributed by atoms with Gasteiger partial charge in [0.2, 0.25) is 0 Å². The number of hydrogen-bond acceptors (Lipinski definition) is 30. The number of nitrogens with one attached hydrogen (secondary N) is 2. The zero-order valence-electron chi connectivity index (χ0n) is 58.2. The van der Waals surface area contributed by atoms with Crippen LogP contribution in [0.2, 0.25) is 0 Å². The number of hydrogen-bond donors (Lipinski definition) is 10. The predicted octanol–water partition coefficient (Wildman–Crippen LogP) is 12.3. The summed E-state index contributed by atoms with van der Waals surface area (Å²) >= 11 is 0. The molecule has 9 heterocycles. The second kappa shape index (κ2) is 30.6. The summed E-state index contributed by atoms with van der Waals surface area (Å²) in [7, 11) is 0. The van der Waals surface area contributed by atoms with Gasteiger partial charge in [-0.3, -0.25) is 0 Å². The van der Waals surface area contributed by atoms with Crippen molar-refractivity contribution < 1.29 is 78.7 Å². The maximum absolute atomic E-state index is 10.0. The van der Waals surface area contributed by atoms with Gasteiger partial charge >= 0.3 is 0 Å². The molecule has 32 heteroatoms. The van der Waals surface area contributed by atoms with Gasteiger partial charge in [0.05, 0.1) is 52.9 Å². The van der Waals surface area contributed by atoms with E-state index in [9.17, 15) is 40.9 Å². The first-order valence-electron chi connectivity index (χ1n) is 34.5. The van der Waals surface area contributed by atoms with Gasteiger partial charge in [-0.1, -0.05) is 97.1 Å². The largest absolute Gasteiger partial charge is 0.435 e. The van der Waals surface area contributed by atoms with Gasteiger partial charge in [0.15, 0.2) is 45.9 Å². The average molecular weight is 1500 g/mol. The molecule has 8 aromatic carbocycles. The maximum Gasteiger partial charge on any atom is 0.284 e. The van der Waals surface area contributed by atoms with E-state index in [0.717, 1.165) is 0 Å². The number of fused-ring (bicyclic) bond motifs is 20. The number of aliphatic hydroxyl groups excluding tert-OH is 8. The van der Waals surface area contributed by atoms with E-state index in [0.29, 0.717) is 44.5 Å². The summed E-state index contributed by atoms with van der Waals surface area (Å²) in [4.78, 5) is 78.4. The third kappa shape index (κ3) is 14.6. The maximum atomic E-state index is 10.0. The first-order valence-corrected chi connectivity index (χ1v) is 34.5. The van der Waals surface area contributed by atoms with Crippen molar-refractivity contribution in [1.82, 2.24) is 79.7 Å². The van der Waals surface area contributed by atoms with Crippen LogP contribution in [0.3, 0.4) is 0 Å². The van der Waals surface area contributed by atoms with Crippen LogP contribution in [0.4, 0.5) is 0 Å². The standard InChI is InChI=1S/C80H58N16O16/c97-33-41-1-17-49(18-2-41)105-73-74(106-50-19-3-42(34-98)4-20-50)82-58-57(81-73)65-89-66(58)94-68-61-62(86-78(110-54-27-11-46(38-102)12-28-54)77(85-61)109-53-25-9-45(37-101)10-26-53)70(91-68)96-72-64-63(87-79(111-55-29-13-47(39-103)14-30-55)80(88-64)112-56-31-15-48(40-104)16-32-56)71(92-72)95-69-60-59(67(90-69)93-65)83-75(107-51-21-5-43(35-99)6-22-51)76(84-60)108-52-23-7-44(36-100)8-24-52/h1-32,97-104H,33-40H2,(H2,89,90,91,92,93,94,95,96). The first kappa shape index (κ1) is 70.5. The highest BCUT2D eigenvalue weighted by Crippen LogP contribution is 2.45. The Bertz CT molecular complexity index is 5480. The van der Waals surface area contributed by atoms with Crippen molar-refractivity contribution in [3.05, 3.63) is 239 Å². The molecule has 2 aliphatic heterocycles. The molecule has 0 aliphatic carbocycles. The predicted molar refractivity (Wildman–Crippen MR) is 398 cm³/mol. The number of rotatable bonds is 24. The van der Waals surface area contributed by atoms with Crippen LogP contribution in [0.25, 0.3) is 90.7 Å². The van der Waals surface area contributed by atoms with E-state index in [1.165, 1.54) is 0 Å². The van der Waals surface area contributed by atoms with Crippen molar-refractivity contribution in [2.75, 3.05) is 0 Å². The molecule has 0 radical (unpaired) electrons. The molecule has 17 rings (SSSR count). The minimum absolute atomic E-state index is 0.0109. The third-order valence-electron chi connectivity index (χ3n) is 17.4. The fourth-order valence-electron chi connectivity index (χ4n) is 11.6. The lowest BCUT2D eigenvalue weighted by Gasteiger charge is -2.12. The minimum atomic E-state index is -0.250. The Hall–Kier alpha value is -14.5. The quantitative estimate of drug-likeness (QED) is 0.0269. The Labute approximate surface area is 630 Å².